The number of alkyl halides is 1. The standard InChI is InChI=1S/C24H31FN4S2/c1-4-19(15-26-2)16-27-18-29-13-11-24(25,12-14-29)23-28-21(17-31-23)8-5-20-6-9-22(30-3)10-7-20/h6-7,9-10,15-17H,2,4-5,8,11-14,18H2,1,3H3/b19-15-,27-16-. The van der Waals surface area contributed by atoms with Crippen LogP contribution < -0.4 is 0 Å². The Morgan fingerprint density at radius 2 is 2.03 bits per heavy atom. The lowest BCUT2D eigenvalue weighted by Gasteiger charge is -2.34. The summed E-state index contributed by atoms with van der Waals surface area (Å²) in [4.78, 5) is 16.4. The van der Waals surface area contributed by atoms with Crippen molar-refractivity contribution < 1.29 is 4.39 Å². The number of aryl methyl sites for hydroxylation is 2. The molecule has 1 saturated heterocycles. The van der Waals surface area contributed by atoms with Gasteiger partial charge in [0.25, 0.3) is 0 Å². The monoisotopic (exact) mass is 458 g/mol. The van der Waals surface area contributed by atoms with Crippen molar-refractivity contribution in [3.05, 3.63) is 57.7 Å². The van der Waals surface area contributed by atoms with Gasteiger partial charge in [0.15, 0.2) is 5.67 Å². The molecule has 0 aliphatic carbocycles. The highest BCUT2D eigenvalue weighted by molar-refractivity contribution is 7.98. The van der Waals surface area contributed by atoms with Crippen molar-refractivity contribution in [2.24, 2.45) is 9.98 Å². The molecule has 0 saturated carbocycles. The summed E-state index contributed by atoms with van der Waals surface area (Å²) < 4.78 is 15.6. The number of hydrogen-bond donors (Lipinski definition) is 0. The fourth-order valence-corrected chi connectivity index (χ4v) is 4.97. The van der Waals surface area contributed by atoms with Crippen LogP contribution in [-0.2, 0) is 18.5 Å². The molecule has 2 aromatic rings. The van der Waals surface area contributed by atoms with Crippen LogP contribution in [-0.4, -0.2) is 48.8 Å². The van der Waals surface area contributed by atoms with Gasteiger partial charge in [-0.1, -0.05) is 19.1 Å². The van der Waals surface area contributed by atoms with Crippen molar-refractivity contribution in [3.8, 4) is 0 Å². The van der Waals surface area contributed by atoms with Crippen molar-refractivity contribution in [1.29, 1.82) is 0 Å². The van der Waals surface area contributed by atoms with Crippen LogP contribution in [0.15, 0.2) is 56.3 Å². The molecule has 1 aliphatic heterocycles. The number of piperidine rings is 1. The Morgan fingerprint density at radius 1 is 1.29 bits per heavy atom. The van der Waals surface area contributed by atoms with Crippen molar-refractivity contribution in [1.82, 2.24) is 9.88 Å². The average Bonchev–Trinajstić information content (AvgIpc) is 3.29. The third-order valence-corrected chi connectivity index (χ3v) is 7.43. The molecule has 4 nitrogen and oxygen atoms in total. The van der Waals surface area contributed by atoms with E-state index in [2.05, 4.69) is 64.0 Å². The van der Waals surface area contributed by atoms with Crippen molar-refractivity contribution >= 4 is 36.0 Å². The number of aromatic nitrogens is 1. The number of allylic oxidation sites excluding steroid dienone is 1. The van der Waals surface area contributed by atoms with Gasteiger partial charge in [0.1, 0.15) is 5.01 Å². The Balaban J connectivity index is 1.49. The first-order valence-corrected chi connectivity index (χ1v) is 12.8. The van der Waals surface area contributed by atoms with E-state index in [9.17, 15) is 0 Å². The number of hydrogen-bond acceptors (Lipinski definition) is 6. The quantitative estimate of drug-likeness (QED) is 0.327. The molecule has 166 valence electrons. The first-order chi connectivity index (χ1) is 15.1. The predicted octanol–water partition coefficient (Wildman–Crippen LogP) is 5.93. The van der Waals surface area contributed by atoms with Gasteiger partial charge in [0.05, 0.1) is 12.4 Å². The smallest absolute Gasteiger partial charge is 0.164 e. The van der Waals surface area contributed by atoms with Crippen molar-refractivity contribution in [2.75, 3.05) is 26.0 Å². The van der Waals surface area contributed by atoms with Crippen molar-refractivity contribution in [2.45, 2.75) is 49.6 Å². The third kappa shape index (κ3) is 6.82. The molecule has 0 atom stereocenters. The minimum absolute atomic E-state index is 0.469. The van der Waals surface area contributed by atoms with E-state index in [0.29, 0.717) is 37.6 Å². The molecule has 1 fully saturated rings. The van der Waals surface area contributed by atoms with Gasteiger partial charge < -0.3 is 0 Å². The Bertz CT molecular complexity index is 897. The molecule has 0 N–H and O–H groups in total. The van der Waals surface area contributed by atoms with Gasteiger partial charge in [-0.25, -0.2) is 9.37 Å². The van der Waals surface area contributed by atoms with Crippen LogP contribution in [0.4, 0.5) is 4.39 Å². The molecule has 0 bridgehead atoms. The van der Waals surface area contributed by atoms with E-state index < -0.39 is 5.67 Å². The largest absolute Gasteiger partial charge is 0.284 e. The first kappa shape index (κ1) is 23.8. The topological polar surface area (TPSA) is 40.9 Å². The van der Waals surface area contributed by atoms with E-state index in [-0.39, 0.29) is 0 Å². The molecule has 1 aromatic heterocycles. The molecule has 0 unspecified atom stereocenters. The normalized spacial score (nSPS) is 17.3. The van der Waals surface area contributed by atoms with Gasteiger partial charge in [0.2, 0.25) is 0 Å². The zero-order valence-electron chi connectivity index (χ0n) is 18.4. The van der Waals surface area contributed by atoms with Crippen molar-refractivity contribution in [3.63, 3.8) is 0 Å². The minimum atomic E-state index is -1.32. The molecule has 1 aromatic carbocycles. The maximum atomic E-state index is 15.6. The maximum Gasteiger partial charge on any atom is 0.164 e. The van der Waals surface area contributed by atoms with Gasteiger partial charge in [-0.2, -0.15) is 0 Å². The number of benzene rings is 1. The summed E-state index contributed by atoms with van der Waals surface area (Å²) >= 11 is 3.21. The third-order valence-electron chi connectivity index (χ3n) is 5.62. The molecule has 7 heteroatoms. The summed E-state index contributed by atoms with van der Waals surface area (Å²) in [5.74, 6) is 0. The average molecular weight is 459 g/mol. The summed E-state index contributed by atoms with van der Waals surface area (Å²) in [6.07, 6.45) is 9.23. The van der Waals surface area contributed by atoms with Crippen LogP contribution in [0.2, 0.25) is 0 Å². The highest BCUT2D eigenvalue weighted by atomic mass is 32.2. The van der Waals surface area contributed by atoms with Crippen LogP contribution in [0.5, 0.6) is 0 Å². The van der Waals surface area contributed by atoms with Crippen LogP contribution in [0.25, 0.3) is 0 Å². The van der Waals surface area contributed by atoms with Crippen LogP contribution in [0.1, 0.15) is 42.5 Å². The molecule has 1 aliphatic rings. The SMILES string of the molecule is C=N/C=C(\C=N/CN1CCC(F)(c2nc(CCc3ccc(SC)cc3)cs2)CC1)CC. The molecule has 3 rings (SSSR count). The Kier molecular flexibility index (Phi) is 8.99. The number of aliphatic imine (C=N–C) groups is 2. The van der Waals surface area contributed by atoms with Gasteiger partial charge in [-0.15, -0.1) is 23.1 Å². The molecular weight excluding hydrogens is 427 g/mol. The molecule has 0 spiro atoms. The summed E-state index contributed by atoms with van der Waals surface area (Å²) in [5, 5.41) is 2.66. The lowest BCUT2D eigenvalue weighted by Crippen LogP contribution is -2.40. The second-order valence-electron chi connectivity index (χ2n) is 7.77. The molecular formula is C24H31FN4S2. The van der Waals surface area contributed by atoms with E-state index in [1.165, 1.54) is 21.8 Å². The Hall–Kier alpha value is -1.83. The summed E-state index contributed by atoms with van der Waals surface area (Å²) in [5.41, 5.74) is 2.01. The van der Waals surface area contributed by atoms with Crippen LogP contribution in [0, 0.1) is 0 Å². The fraction of sp³-hybridized carbons (Fsp3) is 0.458. The zero-order chi connectivity index (χ0) is 22.1. The van der Waals surface area contributed by atoms with Gasteiger partial charge in [-0.3, -0.25) is 14.9 Å². The van der Waals surface area contributed by atoms with E-state index in [4.69, 9.17) is 0 Å². The number of likely N-dealkylation sites (tertiary alicyclic amines) is 1. The second kappa shape index (κ2) is 11.7. The van der Waals surface area contributed by atoms with E-state index in [1.807, 2.05) is 11.6 Å². The second-order valence-corrected chi connectivity index (χ2v) is 9.51. The Labute approximate surface area is 193 Å². The maximum absolute atomic E-state index is 15.6. The van der Waals surface area contributed by atoms with Crippen LogP contribution in [0.3, 0.4) is 0 Å². The number of thiazole rings is 1. The summed E-state index contributed by atoms with van der Waals surface area (Å²) in [6.45, 7) is 7.51. The Morgan fingerprint density at radius 3 is 2.68 bits per heavy atom. The number of thioether (sulfide) groups is 1. The first-order valence-electron chi connectivity index (χ1n) is 10.7. The van der Waals surface area contributed by atoms with Crippen LogP contribution >= 0.6 is 23.1 Å². The lowest BCUT2D eigenvalue weighted by molar-refractivity contribution is 0.0572. The van der Waals surface area contributed by atoms with Gasteiger partial charge in [-0.05, 0) is 55.5 Å². The molecule has 0 amide bonds. The minimum Gasteiger partial charge on any atom is -0.284 e. The number of halogens is 1. The number of nitrogens with zero attached hydrogens (tertiary/aromatic N) is 4. The van der Waals surface area contributed by atoms with E-state index >= 15 is 4.39 Å². The van der Waals surface area contributed by atoms with E-state index in [0.717, 1.165) is 30.5 Å². The predicted molar refractivity (Wildman–Crippen MR) is 133 cm³/mol. The molecule has 0 radical (unpaired) electrons. The molecule has 31 heavy (non-hydrogen) atoms. The summed E-state index contributed by atoms with van der Waals surface area (Å²) in [6, 6.07) is 8.63. The lowest BCUT2D eigenvalue weighted by atomic mass is 9.94. The highest BCUT2D eigenvalue weighted by Gasteiger charge is 2.38. The summed E-state index contributed by atoms with van der Waals surface area (Å²) in [7, 11) is 0. The van der Waals surface area contributed by atoms with Gasteiger partial charge in [0, 0.05) is 48.6 Å². The fourth-order valence-electron chi connectivity index (χ4n) is 3.56. The number of rotatable bonds is 10. The highest BCUT2D eigenvalue weighted by Crippen LogP contribution is 2.38. The van der Waals surface area contributed by atoms with Gasteiger partial charge >= 0.3 is 0 Å². The van der Waals surface area contributed by atoms with E-state index in [1.54, 1.807) is 18.0 Å². The molecule has 2 heterocycles. The zero-order valence-corrected chi connectivity index (χ0v) is 20.0.